The first kappa shape index (κ1) is 25.9. The Labute approximate surface area is 207 Å². The van der Waals surface area contributed by atoms with E-state index in [1.54, 1.807) is 48.5 Å². The maximum Gasteiger partial charge on any atom is 0.326 e. The van der Waals surface area contributed by atoms with Crippen LogP contribution < -0.4 is 22.1 Å². The topological polar surface area (TPSA) is 193 Å². The van der Waals surface area contributed by atoms with Gasteiger partial charge in [-0.25, -0.2) is 4.79 Å². The average molecular weight is 493 g/mol. The molecule has 0 radical (unpaired) electrons. The number of guanidine groups is 1. The smallest absolute Gasteiger partial charge is 0.326 e. The number of para-hydroxylation sites is 1. The van der Waals surface area contributed by atoms with E-state index in [1.807, 2.05) is 0 Å². The van der Waals surface area contributed by atoms with Crippen LogP contribution in [0.15, 0.2) is 53.5 Å². The predicted octanol–water partition coefficient (Wildman–Crippen LogP) is 1.79. The maximum atomic E-state index is 12.8. The molecule has 0 saturated heterocycles. The number of carboxylic acid groups (broad SMARTS) is 1. The number of anilines is 1. The summed E-state index contributed by atoms with van der Waals surface area (Å²) in [6.45, 7) is 0.461. The van der Waals surface area contributed by atoms with Crippen LogP contribution in [0.25, 0.3) is 10.9 Å². The second-order valence-corrected chi connectivity index (χ2v) is 8.15. The summed E-state index contributed by atoms with van der Waals surface area (Å²) in [5.74, 6) is -2.05. The molecule has 0 saturated carbocycles. The van der Waals surface area contributed by atoms with Crippen LogP contribution in [0.4, 0.5) is 5.69 Å². The Morgan fingerprint density at radius 2 is 1.78 bits per heavy atom. The van der Waals surface area contributed by atoms with Crippen molar-refractivity contribution in [2.75, 3.05) is 11.9 Å². The van der Waals surface area contributed by atoms with Crippen molar-refractivity contribution in [3.05, 3.63) is 65.4 Å². The largest absolute Gasteiger partial charge is 0.480 e. The number of nitrogens with zero attached hydrogens (tertiary/aromatic N) is 1. The van der Waals surface area contributed by atoms with Gasteiger partial charge in [-0.15, -0.1) is 0 Å². The van der Waals surface area contributed by atoms with E-state index in [-0.39, 0.29) is 29.5 Å². The summed E-state index contributed by atoms with van der Waals surface area (Å²) >= 11 is 0. The van der Waals surface area contributed by atoms with Gasteiger partial charge in [0.25, 0.3) is 5.91 Å². The number of fused-ring (bicyclic) bond motifs is 1. The van der Waals surface area contributed by atoms with E-state index in [9.17, 15) is 24.3 Å². The van der Waals surface area contributed by atoms with Crippen LogP contribution in [0.1, 0.15) is 45.7 Å². The molecule has 8 N–H and O–H groups in total. The number of aliphatic imine (C=N–C) groups is 1. The summed E-state index contributed by atoms with van der Waals surface area (Å²) in [4.78, 5) is 55.0. The van der Waals surface area contributed by atoms with E-state index in [4.69, 9.17) is 11.5 Å². The zero-order valence-corrected chi connectivity index (χ0v) is 19.5. The van der Waals surface area contributed by atoms with Crippen molar-refractivity contribution in [3.8, 4) is 0 Å². The Kier molecular flexibility index (Phi) is 8.76. The fraction of sp³-hybridized carbons (Fsp3) is 0.240. The molecule has 1 atom stereocenters. The lowest BCUT2D eigenvalue weighted by molar-refractivity contribution is -0.139. The molecule has 0 aliphatic heterocycles. The maximum absolute atomic E-state index is 12.8. The Bertz CT molecular complexity index is 1280. The molecule has 3 aromatic rings. The first-order chi connectivity index (χ1) is 17.3. The molecule has 0 spiro atoms. The number of aromatic nitrogens is 1. The number of aliphatic carboxylic acids is 1. The number of carbonyl (C=O) groups excluding carboxylic acids is 3. The predicted molar refractivity (Wildman–Crippen MR) is 136 cm³/mol. The van der Waals surface area contributed by atoms with Crippen molar-refractivity contribution in [1.29, 1.82) is 0 Å². The summed E-state index contributed by atoms with van der Waals surface area (Å²) in [6, 6.07) is 12.4. The Morgan fingerprint density at radius 1 is 1.06 bits per heavy atom. The molecular formula is C25H28N6O5. The van der Waals surface area contributed by atoms with Gasteiger partial charge in [0.05, 0.1) is 5.56 Å². The molecule has 1 heterocycles. The molecular weight excluding hydrogens is 464 g/mol. The summed E-state index contributed by atoms with van der Waals surface area (Å²) in [6.07, 6.45) is 2.20. The number of aromatic amines is 1. The molecule has 188 valence electrons. The molecule has 0 aliphatic carbocycles. The van der Waals surface area contributed by atoms with Gasteiger partial charge in [0, 0.05) is 36.0 Å². The lowest BCUT2D eigenvalue weighted by Crippen LogP contribution is -2.42. The number of rotatable bonds is 12. The quantitative estimate of drug-likeness (QED) is 0.0959. The minimum absolute atomic E-state index is 0.00816. The van der Waals surface area contributed by atoms with Crippen LogP contribution in [-0.2, 0) is 16.0 Å². The molecule has 11 heteroatoms. The first-order valence-corrected chi connectivity index (χ1v) is 11.3. The van der Waals surface area contributed by atoms with Crippen molar-refractivity contribution < 1.29 is 24.3 Å². The molecule has 1 aromatic heterocycles. The lowest BCUT2D eigenvalue weighted by atomic mass is 10.0. The van der Waals surface area contributed by atoms with Crippen LogP contribution >= 0.6 is 0 Å². The van der Waals surface area contributed by atoms with Crippen LogP contribution in [-0.4, -0.2) is 52.7 Å². The summed E-state index contributed by atoms with van der Waals surface area (Å²) in [5, 5.41) is 15.5. The third kappa shape index (κ3) is 6.92. The summed E-state index contributed by atoms with van der Waals surface area (Å²) < 4.78 is 0. The summed E-state index contributed by atoms with van der Waals surface area (Å²) in [5.41, 5.74) is 12.5. The normalized spacial score (nSPS) is 11.4. The minimum Gasteiger partial charge on any atom is -0.480 e. The van der Waals surface area contributed by atoms with Crippen molar-refractivity contribution in [2.24, 2.45) is 16.5 Å². The van der Waals surface area contributed by atoms with Gasteiger partial charge < -0.3 is 32.2 Å². The SMILES string of the molecule is NC(N)=NCCCCC(=O)Nc1ccc(C[C@H](NC(=O)c2[nH]c3ccccc3c2C=O)C(=O)O)cc1. The fourth-order valence-corrected chi connectivity index (χ4v) is 3.68. The zero-order chi connectivity index (χ0) is 26.1. The number of aldehydes is 1. The van der Waals surface area contributed by atoms with E-state index >= 15 is 0 Å². The molecule has 0 fully saturated rings. The van der Waals surface area contributed by atoms with E-state index in [2.05, 4.69) is 20.6 Å². The number of H-pyrrole nitrogens is 1. The first-order valence-electron chi connectivity index (χ1n) is 11.3. The summed E-state index contributed by atoms with van der Waals surface area (Å²) in [7, 11) is 0. The Balaban J connectivity index is 1.58. The zero-order valence-electron chi connectivity index (χ0n) is 19.5. The van der Waals surface area contributed by atoms with E-state index in [0.717, 1.165) is 0 Å². The number of hydrogen-bond donors (Lipinski definition) is 6. The van der Waals surface area contributed by atoms with Gasteiger partial charge >= 0.3 is 5.97 Å². The molecule has 0 aliphatic rings. The van der Waals surface area contributed by atoms with Crippen molar-refractivity contribution >= 4 is 46.6 Å². The highest BCUT2D eigenvalue weighted by Crippen LogP contribution is 2.21. The molecule has 0 unspecified atom stereocenters. The van der Waals surface area contributed by atoms with Gasteiger partial charge in [0.2, 0.25) is 5.91 Å². The third-order valence-corrected chi connectivity index (χ3v) is 5.48. The van der Waals surface area contributed by atoms with Crippen LogP contribution in [0.5, 0.6) is 0 Å². The minimum atomic E-state index is -1.23. The fourth-order valence-electron chi connectivity index (χ4n) is 3.68. The van der Waals surface area contributed by atoms with E-state index in [0.29, 0.717) is 54.2 Å². The Morgan fingerprint density at radius 3 is 2.44 bits per heavy atom. The van der Waals surface area contributed by atoms with Gasteiger partial charge in [0.15, 0.2) is 12.2 Å². The standard InChI is InChI=1S/C25H28N6O5/c26-25(27)28-12-4-3-7-21(33)29-16-10-8-15(9-11-16)13-20(24(35)36)31-23(34)22-18(14-32)17-5-1-2-6-19(17)30-22/h1-2,5-6,8-11,14,20,30H,3-4,7,12-13H2,(H,29,33)(H,31,34)(H,35,36)(H4,26,27,28)/t20-/m0/s1. The number of carbonyl (C=O) groups is 4. The van der Waals surface area contributed by atoms with Gasteiger partial charge in [-0.2, -0.15) is 0 Å². The Hall–Kier alpha value is -4.67. The van der Waals surface area contributed by atoms with Crippen LogP contribution in [0.2, 0.25) is 0 Å². The van der Waals surface area contributed by atoms with Gasteiger partial charge in [-0.05, 0) is 36.6 Å². The number of unbranched alkanes of at least 4 members (excludes halogenated alkanes) is 1. The van der Waals surface area contributed by atoms with Crippen molar-refractivity contribution in [2.45, 2.75) is 31.7 Å². The van der Waals surface area contributed by atoms with Gasteiger partial charge in [-0.3, -0.25) is 19.4 Å². The second kappa shape index (κ2) is 12.2. The second-order valence-electron chi connectivity index (χ2n) is 8.15. The number of hydrogen-bond acceptors (Lipinski definition) is 5. The van der Waals surface area contributed by atoms with Crippen LogP contribution in [0, 0.1) is 0 Å². The number of amides is 2. The van der Waals surface area contributed by atoms with E-state index < -0.39 is 17.9 Å². The van der Waals surface area contributed by atoms with E-state index in [1.165, 1.54) is 0 Å². The lowest BCUT2D eigenvalue weighted by Gasteiger charge is -2.15. The molecule has 36 heavy (non-hydrogen) atoms. The monoisotopic (exact) mass is 492 g/mol. The highest BCUT2D eigenvalue weighted by atomic mass is 16.4. The molecule has 0 bridgehead atoms. The van der Waals surface area contributed by atoms with Crippen LogP contribution in [0.3, 0.4) is 0 Å². The van der Waals surface area contributed by atoms with Crippen molar-refractivity contribution in [3.63, 3.8) is 0 Å². The number of nitrogens with one attached hydrogen (secondary N) is 3. The average Bonchev–Trinajstić information content (AvgIpc) is 3.23. The highest BCUT2D eigenvalue weighted by molar-refractivity contribution is 6.10. The van der Waals surface area contributed by atoms with Gasteiger partial charge in [0.1, 0.15) is 11.7 Å². The molecule has 3 rings (SSSR count). The number of carboxylic acids is 1. The number of nitrogens with two attached hydrogens (primary N) is 2. The molecule has 2 amide bonds. The third-order valence-electron chi connectivity index (χ3n) is 5.48. The van der Waals surface area contributed by atoms with Crippen molar-refractivity contribution in [1.82, 2.24) is 10.3 Å². The highest BCUT2D eigenvalue weighted by Gasteiger charge is 2.24. The molecule has 11 nitrogen and oxygen atoms in total. The molecule has 2 aromatic carbocycles. The van der Waals surface area contributed by atoms with Gasteiger partial charge in [-0.1, -0.05) is 30.3 Å². The number of benzene rings is 2.